The molecule has 1 N–H and O–H groups in total. The highest BCUT2D eigenvalue weighted by molar-refractivity contribution is 6.20. The second-order valence-corrected chi connectivity index (χ2v) is 6.58. The molecule has 144 valence electrons. The Labute approximate surface area is 162 Å². The summed E-state index contributed by atoms with van der Waals surface area (Å²) in [5.41, 5.74) is 2.14. The molecule has 0 aliphatic carbocycles. The van der Waals surface area contributed by atoms with Crippen LogP contribution in [0.15, 0.2) is 48.5 Å². The molecule has 1 aliphatic rings. The Morgan fingerprint density at radius 2 is 1.68 bits per heavy atom. The zero-order valence-corrected chi connectivity index (χ0v) is 15.6. The van der Waals surface area contributed by atoms with E-state index in [1.54, 1.807) is 24.3 Å². The molecular weight excluding hydrogens is 360 g/mol. The third-order valence-corrected chi connectivity index (χ3v) is 4.36. The van der Waals surface area contributed by atoms with Crippen LogP contribution >= 0.6 is 0 Å². The average molecular weight is 380 g/mol. The van der Waals surface area contributed by atoms with Crippen molar-refractivity contribution in [1.82, 2.24) is 0 Å². The normalized spacial score (nSPS) is 14.7. The van der Waals surface area contributed by atoms with Gasteiger partial charge in [0.1, 0.15) is 0 Å². The van der Waals surface area contributed by atoms with E-state index in [-0.39, 0.29) is 30.2 Å². The van der Waals surface area contributed by atoms with Gasteiger partial charge < -0.3 is 10.1 Å². The molecule has 1 aliphatic heterocycles. The predicted octanol–water partition coefficient (Wildman–Crippen LogP) is 2.83. The molecule has 0 aromatic heterocycles. The van der Waals surface area contributed by atoms with Gasteiger partial charge in [-0.05, 0) is 44.2 Å². The number of anilines is 2. The van der Waals surface area contributed by atoms with Crippen molar-refractivity contribution in [3.63, 3.8) is 0 Å². The van der Waals surface area contributed by atoms with Crippen molar-refractivity contribution in [2.45, 2.75) is 32.8 Å². The van der Waals surface area contributed by atoms with Crippen LogP contribution in [-0.4, -0.2) is 29.8 Å². The lowest BCUT2D eigenvalue weighted by Gasteiger charge is -2.16. The first-order valence-corrected chi connectivity index (χ1v) is 8.89. The monoisotopic (exact) mass is 380 g/mol. The predicted molar refractivity (Wildman–Crippen MR) is 103 cm³/mol. The lowest BCUT2D eigenvalue weighted by atomic mass is 10.2. The first-order chi connectivity index (χ1) is 13.3. The maximum atomic E-state index is 12.4. The molecule has 0 spiro atoms. The van der Waals surface area contributed by atoms with Crippen LogP contribution < -0.4 is 10.2 Å². The lowest BCUT2D eigenvalue weighted by Crippen LogP contribution is -2.30. The minimum atomic E-state index is -1.02. The lowest BCUT2D eigenvalue weighted by molar-refractivity contribution is -0.124. The molecule has 1 heterocycles. The summed E-state index contributed by atoms with van der Waals surface area (Å²) in [5, 5.41) is 2.68. The fraction of sp³-hybridized carbons (Fsp3) is 0.238. The van der Waals surface area contributed by atoms with E-state index < -0.39 is 18.0 Å². The van der Waals surface area contributed by atoms with Crippen molar-refractivity contribution >= 4 is 35.1 Å². The Balaban J connectivity index is 1.66. The Hall–Kier alpha value is -3.48. The number of carbonyl (C=O) groups is 4. The summed E-state index contributed by atoms with van der Waals surface area (Å²) in [6, 6.07) is 13.3. The van der Waals surface area contributed by atoms with E-state index in [9.17, 15) is 19.2 Å². The first kappa shape index (κ1) is 19.3. The van der Waals surface area contributed by atoms with Crippen molar-refractivity contribution in [2.24, 2.45) is 0 Å². The number of benzene rings is 2. The van der Waals surface area contributed by atoms with Crippen molar-refractivity contribution in [3.8, 4) is 0 Å². The average Bonchev–Trinajstić information content (AvgIpc) is 3.01. The molecule has 0 unspecified atom stereocenters. The number of carbonyl (C=O) groups excluding carboxylic acids is 4. The van der Waals surface area contributed by atoms with E-state index in [4.69, 9.17) is 4.74 Å². The summed E-state index contributed by atoms with van der Waals surface area (Å²) >= 11 is 0. The molecule has 7 nitrogen and oxygen atoms in total. The summed E-state index contributed by atoms with van der Waals surface area (Å²) in [4.78, 5) is 49.4. The third kappa shape index (κ3) is 4.25. The van der Waals surface area contributed by atoms with Crippen LogP contribution in [0.5, 0.6) is 0 Å². The number of aryl methyl sites for hydroxylation is 1. The zero-order chi connectivity index (χ0) is 20.3. The topological polar surface area (TPSA) is 92.8 Å². The van der Waals surface area contributed by atoms with Gasteiger partial charge in [0.15, 0.2) is 6.10 Å². The van der Waals surface area contributed by atoms with E-state index in [2.05, 4.69) is 5.32 Å². The molecule has 2 aromatic rings. The molecule has 3 amide bonds. The minimum Gasteiger partial charge on any atom is -0.449 e. The van der Waals surface area contributed by atoms with Gasteiger partial charge in [-0.15, -0.1) is 0 Å². The highest BCUT2D eigenvalue weighted by atomic mass is 16.5. The largest absolute Gasteiger partial charge is 0.449 e. The van der Waals surface area contributed by atoms with Crippen molar-refractivity contribution in [2.75, 3.05) is 10.2 Å². The van der Waals surface area contributed by atoms with Gasteiger partial charge in [0.05, 0.1) is 11.3 Å². The van der Waals surface area contributed by atoms with Gasteiger partial charge in [-0.25, -0.2) is 4.79 Å². The van der Waals surface area contributed by atoms with Crippen molar-refractivity contribution in [3.05, 3.63) is 59.7 Å². The molecule has 0 bridgehead atoms. The van der Waals surface area contributed by atoms with E-state index in [1.165, 1.54) is 19.1 Å². The number of nitrogens with one attached hydrogen (secondary N) is 1. The van der Waals surface area contributed by atoms with Crippen molar-refractivity contribution < 1.29 is 23.9 Å². The number of amides is 3. The highest BCUT2D eigenvalue weighted by Gasteiger charge is 2.30. The van der Waals surface area contributed by atoms with Crippen LogP contribution in [0.4, 0.5) is 11.4 Å². The van der Waals surface area contributed by atoms with Gasteiger partial charge in [0.25, 0.3) is 5.91 Å². The van der Waals surface area contributed by atoms with Gasteiger partial charge in [0, 0.05) is 18.5 Å². The molecule has 1 atom stereocenters. The van der Waals surface area contributed by atoms with Crippen LogP contribution in [0, 0.1) is 6.92 Å². The second-order valence-electron chi connectivity index (χ2n) is 6.58. The third-order valence-electron chi connectivity index (χ3n) is 4.36. The number of ether oxygens (including phenoxy) is 1. The zero-order valence-electron chi connectivity index (χ0n) is 15.6. The van der Waals surface area contributed by atoms with Gasteiger partial charge in [-0.1, -0.05) is 23.8 Å². The SMILES string of the molecule is Cc1ccc(NC(=O)[C@H](C)OC(=O)c2cccc(N3C(=O)CCC3=O)c2)cc1. The van der Waals surface area contributed by atoms with Gasteiger partial charge in [-0.3, -0.25) is 19.3 Å². The molecule has 28 heavy (non-hydrogen) atoms. The fourth-order valence-electron chi connectivity index (χ4n) is 2.80. The Morgan fingerprint density at radius 3 is 2.32 bits per heavy atom. The maximum Gasteiger partial charge on any atom is 0.338 e. The van der Waals surface area contributed by atoms with Gasteiger partial charge >= 0.3 is 5.97 Å². The van der Waals surface area contributed by atoms with Crippen LogP contribution in [0.1, 0.15) is 35.7 Å². The van der Waals surface area contributed by atoms with Crippen LogP contribution in [-0.2, 0) is 19.1 Å². The standard InChI is InChI=1S/C21H20N2O5/c1-13-6-8-16(9-7-13)22-20(26)14(2)28-21(27)15-4-3-5-17(12-15)23-18(24)10-11-19(23)25/h3-9,12,14H,10-11H2,1-2H3,(H,22,26)/t14-/m0/s1. The number of rotatable bonds is 5. The van der Waals surface area contributed by atoms with E-state index in [1.807, 2.05) is 19.1 Å². The smallest absolute Gasteiger partial charge is 0.338 e. The van der Waals surface area contributed by atoms with Gasteiger partial charge in [-0.2, -0.15) is 0 Å². The summed E-state index contributed by atoms with van der Waals surface area (Å²) in [6.45, 7) is 3.41. The summed E-state index contributed by atoms with van der Waals surface area (Å²) in [5.74, 6) is -1.78. The minimum absolute atomic E-state index is 0.153. The summed E-state index contributed by atoms with van der Waals surface area (Å²) in [7, 11) is 0. The number of nitrogens with zero attached hydrogens (tertiary/aromatic N) is 1. The van der Waals surface area contributed by atoms with Crippen LogP contribution in [0.2, 0.25) is 0 Å². The molecule has 2 aromatic carbocycles. The van der Waals surface area contributed by atoms with Crippen molar-refractivity contribution in [1.29, 1.82) is 0 Å². The molecule has 7 heteroatoms. The number of esters is 1. The van der Waals surface area contributed by atoms with Crippen LogP contribution in [0.25, 0.3) is 0 Å². The Kier molecular flexibility index (Phi) is 5.54. The number of hydrogen-bond acceptors (Lipinski definition) is 5. The van der Waals surface area contributed by atoms with E-state index >= 15 is 0 Å². The summed E-state index contributed by atoms with van der Waals surface area (Å²) in [6.07, 6.45) is -0.708. The Morgan fingerprint density at radius 1 is 1.04 bits per heavy atom. The highest BCUT2D eigenvalue weighted by Crippen LogP contribution is 2.24. The van der Waals surface area contributed by atoms with E-state index in [0.717, 1.165) is 10.5 Å². The molecular formula is C21H20N2O5. The van der Waals surface area contributed by atoms with Gasteiger partial charge in [0.2, 0.25) is 11.8 Å². The summed E-state index contributed by atoms with van der Waals surface area (Å²) < 4.78 is 5.23. The quantitative estimate of drug-likeness (QED) is 0.636. The Bertz CT molecular complexity index is 920. The number of imide groups is 1. The maximum absolute atomic E-state index is 12.4. The second kappa shape index (κ2) is 8.04. The number of hydrogen-bond donors (Lipinski definition) is 1. The molecule has 0 radical (unpaired) electrons. The molecule has 1 fully saturated rings. The first-order valence-electron chi connectivity index (χ1n) is 8.89. The van der Waals surface area contributed by atoms with E-state index in [0.29, 0.717) is 11.4 Å². The molecule has 0 saturated carbocycles. The molecule has 1 saturated heterocycles. The fourth-order valence-corrected chi connectivity index (χ4v) is 2.80. The molecule has 3 rings (SSSR count). The van der Waals surface area contributed by atoms with Crippen LogP contribution in [0.3, 0.4) is 0 Å².